The van der Waals surface area contributed by atoms with Crippen molar-refractivity contribution >= 4 is 0 Å². The van der Waals surface area contributed by atoms with E-state index in [1.165, 1.54) is 22.3 Å². The van der Waals surface area contributed by atoms with Gasteiger partial charge in [0.2, 0.25) is 0 Å². The summed E-state index contributed by atoms with van der Waals surface area (Å²) in [5.74, 6) is 0. The summed E-state index contributed by atoms with van der Waals surface area (Å²) < 4.78 is 0. The molecule has 0 spiro atoms. The lowest BCUT2D eigenvalue weighted by Gasteiger charge is -2.16. The summed E-state index contributed by atoms with van der Waals surface area (Å²) >= 11 is 0. The van der Waals surface area contributed by atoms with Gasteiger partial charge in [0.15, 0.2) is 0 Å². The van der Waals surface area contributed by atoms with Gasteiger partial charge in [0, 0.05) is 6.04 Å². The van der Waals surface area contributed by atoms with Gasteiger partial charge in [0.25, 0.3) is 0 Å². The minimum Gasteiger partial charge on any atom is -0.324 e. The van der Waals surface area contributed by atoms with E-state index < -0.39 is 0 Å². The number of hydrogen-bond acceptors (Lipinski definition) is 1. The quantitative estimate of drug-likeness (QED) is 0.751. The van der Waals surface area contributed by atoms with E-state index in [0.29, 0.717) is 0 Å². The molecule has 2 N–H and O–H groups in total. The molecule has 1 aromatic rings. The number of aryl methyl sites for hydroxylation is 3. The minimum atomic E-state index is 0.0742. The van der Waals surface area contributed by atoms with E-state index in [-0.39, 0.29) is 6.04 Å². The standard InChI is InChI=1S/C14H21N/c1-9(2)14(15)8-13-11(4)6-10(3)7-12(13)5/h6-7,14H,1,8,15H2,2-5H3. The fourth-order valence-corrected chi connectivity index (χ4v) is 1.93. The Kier molecular flexibility index (Phi) is 3.70. The third kappa shape index (κ3) is 2.93. The third-order valence-corrected chi connectivity index (χ3v) is 2.90. The van der Waals surface area contributed by atoms with Gasteiger partial charge in [-0.2, -0.15) is 0 Å². The highest BCUT2D eigenvalue weighted by Gasteiger charge is 2.09. The van der Waals surface area contributed by atoms with Crippen LogP contribution in [0.25, 0.3) is 0 Å². The molecule has 82 valence electrons. The molecule has 0 aliphatic heterocycles. The summed E-state index contributed by atoms with van der Waals surface area (Å²) in [4.78, 5) is 0. The Bertz CT molecular complexity index is 354. The summed E-state index contributed by atoms with van der Waals surface area (Å²) in [6, 6.07) is 4.51. The van der Waals surface area contributed by atoms with Crippen LogP contribution >= 0.6 is 0 Å². The van der Waals surface area contributed by atoms with Crippen LogP contribution in [0.4, 0.5) is 0 Å². The smallest absolute Gasteiger partial charge is 0.0289 e. The Morgan fingerprint density at radius 2 is 1.73 bits per heavy atom. The van der Waals surface area contributed by atoms with Crippen LogP contribution in [-0.4, -0.2) is 6.04 Å². The third-order valence-electron chi connectivity index (χ3n) is 2.90. The van der Waals surface area contributed by atoms with Crippen molar-refractivity contribution in [1.82, 2.24) is 0 Å². The average Bonchev–Trinajstić information content (AvgIpc) is 2.10. The topological polar surface area (TPSA) is 26.0 Å². The molecule has 0 radical (unpaired) electrons. The molecule has 0 aliphatic carbocycles. The highest BCUT2D eigenvalue weighted by Crippen LogP contribution is 2.18. The second-order valence-electron chi connectivity index (χ2n) is 4.53. The number of nitrogens with two attached hydrogens (primary N) is 1. The van der Waals surface area contributed by atoms with Crippen molar-refractivity contribution < 1.29 is 0 Å². The monoisotopic (exact) mass is 203 g/mol. The van der Waals surface area contributed by atoms with Crippen molar-refractivity contribution in [1.29, 1.82) is 0 Å². The van der Waals surface area contributed by atoms with Crippen LogP contribution in [-0.2, 0) is 6.42 Å². The molecular formula is C14H21N. The molecule has 1 atom stereocenters. The number of benzene rings is 1. The Balaban J connectivity index is 3.00. The van der Waals surface area contributed by atoms with Crippen LogP contribution < -0.4 is 5.73 Å². The highest BCUT2D eigenvalue weighted by atomic mass is 14.6. The maximum absolute atomic E-state index is 6.02. The van der Waals surface area contributed by atoms with Gasteiger partial charge in [0.1, 0.15) is 0 Å². The van der Waals surface area contributed by atoms with Crippen molar-refractivity contribution in [3.05, 3.63) is 46.5 Å². The van der Waals surface area contributed by atoms with Gasteiger partial charge in [-0.25, -0.2) is 0 Å². The van der Waals surface area contributed by atoms with Crippen molar-refractivity contribution in [3.8, 4) is 0 Å². The van der Waals surface area contributed by atoms with Gasteiger partial charge in [-0.3, -0.25) is 0 Å². The van der Waals surface area contributed by atoms with Gasteiger partial charge < -0.3 is 5.73 Å². The zero-order valence-corrected chi connectivity index (χ0v) is 10.2. The van der Waals surface area contributed by atoms with Gasteiger partial charge in [-0.15, -0.1) is 0 Å². The van der Waals surface area contributed by atoms with Crippen LogP contribution in [0.3, 0.4) is 0 Å². The largest absolute Gasteiger partial charge is 0.324 e. The van der Waals surface area contributed by atoms with Crippen molar-refractivity contribution in [2.24, 2.45) is 5.73 Å². The van der Waals surface area contributed by atoms with E-state index in [1.807, 2.05) is 6.92 Å². The van der Waals surface area contributed by atoms with Crippen LogP contribution in [0.1, 0.15) is 29.2 Å². The lowest BCUT2D eigenvalue weighted by atomic mass is 9.93. The average molecular weight is 203 g/mol. The van der Waals surface area contributed by atoms with E-state index in [0.717, 1.165) is 12.0 Å². The Morgan fingerprint density at radius 1 is 1.27 bits per heavy atom. The predicted octanol–water partition coefficient (Wildman–Crippen LogP) is 3.06. The molecular weight excluding hydrogens is 182 g/mol. The molecule has 1 nitrogen and oxygen atoms in total. The summed E-state index contributed by atoms with van der Waals surface area (Å²) in [7, 11) is 0. The fraction of sp³-hybridized carbons (Fsp3) is 0.429. The van der Waals surface area contributed by atoms with Crippen LogP contribution in [0, 0.1) is 20.8 Å². The molecule has 0 bridgehead atoms. The van der Waals surface area contributed by atoms with Gasteiger partial charge >= 0.3 is 0 Å². The second-order valence-corrected chi connectivity index (χ2v) is 4.53. The molecule has 1 heteroatoms. The van der Waals surface area contributed by atoms with Gasteiger partial charge in [0.05, 0.1) is 0 Å². The fourth-order valence-electron chi connectivity index (χ4n) is 1.93. The minimum absolute atomic E-state index is 0.0742. The normalized spacial score (nSPS) is 12.6. The first-order chi connectivity index (χ1) is 6.91. The molecule has 0 fully saturated rings. The molecule has 0 amide bonds. The lowest BCUT2D eigenvalue weighted by Crippen LogP contribution is -2.24. The molecule has 0 saturated heterocycles. The van der Waals surface area contributed by atoms with E-state index in [9.17, 15) is 0 Å². The number of hydrogen-bond donors (Lipinski definition) is 1. The molecule has 0 saturated carbocycles. The summed E-state index contributed by atoms with van der Waals surface area (Å²) in [6.07, 6.45) is 0.896. The van der Waals surface area contributed by atoms with Crippen molar-refractivity contribution in [2.75, 3.05) is 0 Å². The molecule has 0 aromatic heterocycles. The van der Waals surface area contributed by atoms with Crippen molar-refractivity contribution in [2.45, 2.75) is 40.2 Å². The molecule has 1 aromatic carbocycles. The first-order valence-corrected chi connectivity index (χ1v) is 5.39. The van der Waals surface area contributed by atoms with Gasteiger partial charge in [-0.05, 0) is 50.8 Å². The molecule has 1 rings (SSSR count). The summed E-state index contributed by atoms with van der Waals surface area (Å²) in [5.41, 5.74) is 12.4. The summed E-state index contributed by atoms with van der Waals surface area (Å²) in [5, 5.41) is 0. The Hall–Kier alpha value is -1.08. The molecule has 1 unspecified atom stereocenters. The first kappa shape index (κ1) is 12.0. The Labute approximate surface area is 93.0 Å². The maximum Gasteiger partial charge on any atom is 0.0289 e. The van der Waals surface area contributed by atoms with E-state index in [2.05, 4.69) is 39.5 Å². The van der Waals surface area contributed by atoms with E-state index in [4.69, 9.17) is 5.73 Å². The second kappa shape index (κ2) is 4.63. The zero-order valence-electron chi connectivity index (χ0n) is 10.2. The summed E-state index contributed by atoms with van der Waals surface area (Å²) in [6.45, 7) is 12.3. The Morgan fingerprint density at radius 3 is 2.13 bits per heavy atom. The van der Waals surface area contributed by atoms with Crippen LogP contribution in [0.15, 0.2) is 24.3 Å². The van der Waals surface area contributed by atoms with Crippen LogP contribution in [0.5, 0.6) is 0 Å². The maximum atomic E-state index is 6.02. The van der Waals surface area contributed by atoms with Gasteiger partial charge in [-0.1, -0.05) is 29.8 Å². The SMILES string of the molecule is C=C(C)C(N)Cc1c(C)cc(C)cc1C. The molecule has 0 heterocycles. The molecule has 15 heavy (non-hydrogen) atoms. The predicted molar refractivity (Wildman–Crippen MR) is 67.1 cm³/mol. The zero-order chi connectivity index (χ0) is 11.6. The number of rotatable bonds is 3. The van der Waals surface area contributed by atoms with Crippen molar-refractivity contribution in [3.63, 3.8) is 0 Å². The van der Waals surface area contributed by atoms with E-state index in [1.54, 1.807) is 0 Å². The lowest BCUT2D eigenvalue weighted by molar-refractivity contribution is 0.759. The highest BCUT2D eigenvalue weighted by molar-refractivity contribution is 5.38. The van der Waals surface area contributed by atoms with E-state index >= 15 is 0 Å². The van der Waals surface area contributed by atoms with Crippen LogP contribution in [0.2, 0.25) is 0 Å². The molecule has 0 aliphatic rings. The first-order valence-electron chi connectivity index (χ1n) is 5.39.